The third kappa shape index (κ3) is 1.67. The largest absolute Gasteiger partial charge is 0.464 e. The summed E-state index contributed by atoms with van der Waals surface area (Å²) in [7, 11) is 0. The van der Waals surface area contributed by atoms with Crippen LogP contribution in [0.25, 0.3) is 11.3 Å². The first-order valence-corrected chi connectivity index (χ1v) is 4.40. The van der Waals surface area contributed by atoms with E-state index in [4.69, 9.17) is 9.68 Å². The van der Waals surface area contributed by atoms with Crippen LogP contribution < -0.4 is 0 Å². The van der Waals surface area contributed by atoms with Crippen LogP contribution in [-0.2, 0) is 6.42 Å². The Labute approximate surface area is 82.4 Å². The number of furan rings is 1. The number of hydrogen-bond acceptors (Lipinski definition) is 2. The molecular weight excluding hydrogens is 174 g/mol. The molecule has 2 nitrogen and oxygen atoms in total. The quantitative estimate of drug-likeness (QED) is 0.717. The molecule has 0 atom stereocenters. The lowest BCUT2D eigenvalue weighted by Crippen LogP contribution is -1.80. The van der Waals surface area contributed by atoms with Crippen LogP contribution in [0.15, 0.2) is 47.1 Å². The number of nitriles is 1. The van der Waals surface area contributed by atoms with Crippen molar-refractivity contribution in [3.8, 4) is 17.4 Å². The maximum Gasteiger partial charge on any atom is 0.133 e. The van der Waals surface area contributed by atoms with Gasteiger partial charge in [0.1, 0.15) is 5.76 Å². The third-order valence-electron chi connectivity index (χ3n) is 2.04. The summed E-state index contributed by atoms with van der Waals surface area (Å²) in [6.45, 7) is 0. The predicted molar refractivity (Wildman–Crippen MR) is 53.5 cm³/mol. The number of rotatable bonds is 2. The molecule has 0 amide bonds. The van der Waals surface area contributed by atoms with Crippen LogP contribution in [0, 0.1) is 11.3 Å². The van der Waals surface area contributed by atoms with Gasteiger partial charge in [-0.25, -0.2) is 0 Å². The van der Waals surface area contributed by atoms with E-state index in [1.54, 1.807) is 6.26 Å². The highest BCUT2D eigenvalue weighted by molar-refractivity contribution is 5.57. The summed E-state index contributed by atoms with van der Waals surface area (Å²) in [6, 6.07) is 13.7. The number of nitrogens with zero attached hydrogens (tertiary/aromatic N) is 1. The molecule has 0 fully saturated rings. The van der Waals surface area contributed by atoms with Crippen molar-refractivity contribution in [2.24, 2.45) is 0 Å². The molecular formula is C12H9NO. The first kappa shape index (κ1) is 8.58. The molecule has 0 N–H and O–H groups in total. The highest BCUT2D eigenvalue weighted by Crippen LogP contribution is 2.19. The molecule has 2 aromatic rings. The smallest absolute Gasteiger partial charge is 0.133 e. The number of benzene rings is 1. The van der Waals surface area contributed by atoms with Gasteiger partial charge in [-0.15, -0.1) is 0 Å². The summed E-state index contributed by atoms with van der Waals surface area (Å²) in [6.07, 6.45) is 2.11. The molecule has 1 aromatic carbocycles. The molecule has 0 aliphatic carbocycles. The van der Waals surface area contributed by atoms with Gasteiger partial charge in [-0.2, -0.15) is 5.26 Å². The average Bonchev–Trinajstić information content (AvgIpc) is 2.72. The molecule has 0 aliphatic heterocycles. The SMILES string of the molecule is N#CCc1ccc(-c2ccco2)cc1. The number of hydrogen-bond donors (Lipinski definition) is 0. The molecule has 14 heavy (non-hydrogen) atoms. The van der Waals surface area contributed by atoms with Crippen LogP contribution in [0.5, 0.6) is 0 Å². The van der Waals surface area contributed by atoms with Gasteiger partial charge < -0.3 is 4.42 Å². The molecule has 1 aromatic heterocycles. The Morgan fingerprint density at radius 3 is 2.50 bits per heavy atom. The van der Waals surface area contributed by atoms with Crippen molar-refractivity contribution in [1.29, 1.82) is 5.26 Å². The fraction of sp³-hybridized carbons (Fsp3) is 0.0833. The zero-order valence-electron chi connectivity index (χ0n) is 7.60. The highest BCUT2D eigenvalue weighted by Gasteiger charge is 1.99. The van der Waals surface area contributed by atoms with Gasteiger partial charge in [0.15, 0.2) is 0 Å². The van der Waals surface area contributed by atoms with E-state index >= 15 is 0 Å². The van der Waals surface area contributed by atoms with E-state index < -0.39 is 0 Å². The molecule has 1 heterocycles. The van der Waals surface area contributed by atoms with Crippen molar-refractivity contribution in [2.75, 3.05) is 0 Å². The maximum absolute atomic E-state index is 8.50. The Balaban J connectivity index is 2.27. The minimum Gasteiger partial charge on any atom is -0.464 e. The Bertz CT molecular complexity index is 434. The van der Waals surface area contributed by atoms with Crippen molar-refractivity contribution < 1.29 is 4.42 Å². The zero-order valence-corrected chi connectivity index (χ0v) is 7.60. The standard InChI is InChI=1S/C12H9NO/c13-8-7-10-3-5-11(6-4-10)12-2-1-9-14-12/h1-6,9H,7H2. The molecule has 0 saturated heterocycles. The molecule has 0 aliphatic rings. The van der Waals surface area contributed by atoms with E-state index in [0.29, 0.717) is 6.42 Å². The lowest BCUT2D eigenvalue weighted by Gasteiger charge is -1.97. The van der Waals surface area contributed by atoms with E-state index in [1.165, 1.54) is 0 Å². The van der Waals surface area contributed by atoms with Crippen molar-refractivity contribution in [1.82, 2.24) is 0 Å². The van der Waals surface area contributed by atoms with Crippen molar-refractivity contribution >= 4 is 0 Å². The predicted octanol–water partition coefficient (Wildman–Crippen LogP) is 3.01. The molecule has 2 rings (SSSR count). The lowest BCUT2D eigenvalue weighted by molar-refractivity contribution is 0.582. The molecule has 0 saturated carbocycles. The first-order chi connectivity index (χ1) is 6.90. The van der Waals surface area contributed by atoms with Gasteiger partial charge in [0.2, 0.25) is 0 Å². The topological polar surface area (TPSA) is 36.9 Å². The summed E-state index contributed by atoms with van der Waals surface area (Å²) >= 11 is 0. The van der Waals surface area contributed by atoms with Gasteiger partial charge in [0.25, 0.3) is 0 Å². The molecule has 0 bridgehead atoms. The fourth-order valence-corrected chi connectivity index (χ4v) is 1.32. The Hall–Kier alpha value is -2.01. The second-order valence-corrected chi connectivity index (χ2v) is 3.01. The van der Waals surface area contributed by atoms with Gasteiger partial charge >= 0.3 is 0 Å². The Morgan fingerprint density at radius 2 is 1.93 bits per heavy atom. The van der Waals surface area contributed by atoms with E-state index in [9.17, 15) is 0 Å². The summed E-state index contributed by atoms with van der Waals surface area (Å²) in [5.41, 5.74) is 2.07. The van der Waals surface area contributed by atoms with Gasteiger partial charge in [-0.05, 0) is 17.7 Å². The van der Waals surface area contributed by atoms with Crippen molar-refractivity contribution in [3.63, 3.8) is 0 Å². The van der Waals surface area contributed by atoms with E-state index in [-0.39, 0.29) is 0 Å². The van der Waals surface area contributed by atoms with Crippen LogP contribution in [0.4, 0.5) is 0 Å². The summed E-state index contributed by atoms with van der Waals surface area (Å²) in [5.74, 6) is 0.855. The minimum atomic E-state index is 0.457. The summed E-state index contributed by atoms with van der Waals surface area (Å²) in [5, 5.41) is 8.50. The highest BCUT2D eigenvalue weighted by atomic mass is 16.3. The first-order valence-electron chi connectivity index (χ1n) is 4.40. The van der Waals surface area contributed by atoms with E-state index in [0.717, 1.165) is 16.9 Å². The maximum atomic E-state index is 8.50. The van der Waals surface area contributed by atoms with Crippen LogP contribution in [-0.4, -0.2) is 0 Å². The van der Waals surface area contributed by atoms with Gasteiger partial charge in [0.05, 0.1) is 18.8 Å². The molecule has 2 heteroatoms. The normalized spacial score (nSPS) is 9.64. The molecule has 0 radical (unpaired) electrons. The van der Waals surface area contributed by atoms with Crippen LogP contribution >= 0.6 is 0 Å². The van der Waals surface area contributed by atoms with Crippen LogP contribution in [0.1, 0.15) is 5.56 Å². The van der Waals surface area contributed by atoms with Crippen LogP contribution in [0.2, 0.25) is 0 Å². The fourth-order valence-electron chi connectivity index (χ4n) is 1.32. The summed E-state index contributed by atoms with van der Waals surface area (Å²) in [4.78, 5) is 0. The van der Waals surface area contributed by atoms with Crippen LogP contribution in [0.3, 0.4) is 0 Å². The lowest BCUT2D eigenvalue weighted by atomic mass is 10.1. The van der Waals surface area contributed by atoms with Gasteiger partial charge in [0, 0.05) is 5.56 Å². The molecule has 0 spiro atoms. The van der Waals surface area contributed by atoms with Crippen molar-refractivity contribution in [2.45, 2.75) is 6.42 Å². The molecule has 68 valence electrons. The Morgan fingerprint density at radius 1 is 1.14 bits per heavy atom. The molecule has 0 unspecified atom stereocenters. The zero-order chi connectivity index (χ0) is 9.80. The minimum absolute atomic E-state index is 0.457. The monoisotopic (exact) mass is 183 g/mol. The summed E-state index contributed by atoms with van der Waals surface area (Å²) < 4.78 is 5.25. The average molecular weight is 183 g/mol. The van der Waals surface area contributed by atoms with Gasteiger partial charge in [-0.1, -0.05) is 24.3 Å². The second-order valence-electron chi connectivity index (χ2n) is 3.01. The van der Waals surface area contributed by atoms with Gasteiger partial charge in [-0.3, -0.25) is 0 Å². The van der Waals surface area contributed by atoms with E-state index in [2.05, 4.69) is 6.07 Å². The Kier molecular flexibility index (Phi) is 2.33. The van der Waals surface area contributed by atoms with Crippen molar-refractivity contribution in [3.05, 3.63) is 48.2 Å². The van der Waals surface area contributed by atoms with E-state index in [1.807, 2.05) is 36.4 Å². The third-order valence-corrected chi connectivity index (χ3v) is 2.04. The second kappa shape index (κ2) is 3.80.